The quantitative estimate of drug-likeness (QED) is 0.251. The fraction of sp³-hybridized carbons (Fsp3) is 0.522. The van der Waals surface area contributed by atoms with Crippen LogP contribution in [0.2, 0.25) is 0 Å². The maximum Gasteiger partial charge on any atom is 0.333 e. The molecule has 34 heavy (non-hydrogen) atoms. The third-order valence-corrected chi connectivity index (χ3v) is 7.38. The van der Waals surface area contributed by atoms with Crippen molar-refractivity contribution in [3.63, 3.8) is 0 Å². The molecule has 0 aliphatic heterocycles. The molecule has 1 unspecified atom stereocenters. The average molecular weight is 493 g/mol. The molecule has 1 aromatic carbocycles. The van der Waals surface area contributed by atoms with Gasteiger partial charge in [0.15, 0.2) is 11.2 Å². The third kappa shape index (κ3) is 6.13. The first-order valence-corrected chi connectivity index (χ1v) is 13.3. The summed E-state index contributed by atoms with van der Waals surface area (Å²) in [7, 11) is -3.08. The van der Waals surface area contributed by atoms with Crippen molar-refractivity contribution >= 4 is 18.8 Å². The first kappa shape index (κ1) is 26.1. The van der Waals surface area contributed by atoms with Crippen molar-refractivity contribution in [2.75, 3.05) is 26.0 Å². The Morgan fingerprint density at radius 2 is 1.74 bits per heavy atom. The highest BCUT2D eigenvalue weighted by Crippen LogP contribution is 2.47. The minimum absolute atomic E-state index is 0.170. The fourth-order valence-corrected chi connectivity index (χ4v) is 4.86. The van der Waals surface area contributed by atoms with Gasteiger partial charge in [0.1, 0.15) is 6.73 Å². The summed E-state index contributed by atoms with van der Waals surface area (Å²) in [5.74, 6) is 0. The molecule has 1 atom stereocenters. The summed E-state index contributed by atoms with van der Waals surface area (Å²) in [4.78, 5) is 31.0. The van der Waals surface area contributed by atoms with Crippen molar-refractivity contribution in [1.29, 1.82) is 0 Å². The van der Waals surface area contributed by atoms with E-state index < -0.39 is 18.8 Å². The lowest BCUT2D eigenvalue weighted by molar-refractivity contribution is 0.0903. The van der Waals surface area contributed by atoms with E-state index >= 15 is 0 Å². The Labute approximate surface area is 198 Å². The summed E-state index contributed by atoms with van der Waals surface area (Å²) < 4.78 is 33.0. The van der Waals surface area contributed by atoms with Crippen LogP contribution in [0.25, 0.3) is 11.2 Å². The Morgan fingerprint density at radius 1 is 0.971 bits per heavy atom. The first-order valence-electron chi connectivity index (χ1n) is 11.6. The molecule has 0 saturated heterocycles. The molecule has 10 nitrogen and oxygen atoms in total. The number of benzene rings is 1. The van der Waals surface area contributed by atoms with E-state index in [0.29, 0.717) is 49.9 Å². The summed E-state index contributed by atoms with van der Waals surface area (Å²) in [5, 5.41) is 0. The van der Waals surface area contributed by atoms with Gasteiger partial charge in [0.05, 0.1) is 26.1 Å². The van der Waals surface area contributed by atoms with Crippen molar-refractivity contribution < 1.29 is 18.3 Å². The van der Waals surface area contributed by atoms with Crippen molar-refractivity contribution in [2.45, 2.75) is 53.4 Å². The van der Waals surface area contributed by atoms with E-state index in [2.05, 4.69) is 4.98 Å². The molecule has 0 fully saturated rings. The molecule has 0 saturated carbocycles. The van der Waals surface area contributed by atoms with Gasteiger partial charge >= 0.3 is 13.3 Å². The number of hydrogen-bond donors (Lipinski definition) is 0. The van der Waals surface area contributed by atoms with Crippen molar-refractivity contribution in [2.24, 2.45) is 0 Å². The lowest BCUT2D eigenvalue weighted by Crippen LogP contribution is -2.41. The Bertz CT molecular complexity index is 1230. The van der Waals surface area contributed by atoms with E-state index in [-0.39, 0.29) is 19.9 Å². The molecule has 0 spiro atoms. The summed E-state index contributed by atoms with van der Waals surface area (Å²) in [6.45, 7) is 7.09. The minimum atomic E-state index is -3.08. The highest BCUT2D eigenvalue weighted by Gasteiger charge is 2.21. The number of unbranched alkanes of at least 4 members (excludes halogenated alkanes) is 1. The largest absolute Gasteiger partial charge is 0.361 e. The van der Waals surface area contributed by atoms with E-state index in [1.165, 1.54) is 15.5 Å². The molecule has 2 aromatic heterocycles. The molecule has 0 aliphatic carbocycles. The summed E-state index contributed by atoms with van der Waals surface area (Å²) in [5.41, 5.74) is 0.759. The van der Waals surface area contributed by atoms with E-state index in [4.69, 9.17) is 13.8 Å². The van der Waals surface area contributed by atoms with Crippen molar-refractivity contribution in [3.8, 4) is 0 Å². The number of rotatable bonds is 14. The van der Waals surface area contributed by atoms with Crippen LogP contribution >= 0.6 is 7.60 Å². The smallest absolute Gasteiger partial charge is 0.333 e. The fourth-order valence-electron chi connectivity index (χ4n) is 3.62. The monoisotopic (exact) mass is 492 g/mol. The van der Waals surface area contributed by atoms with Crippen LogP contribution in [0.3, 0.4) is 0 Å². The molecular weight excluding hydrogens is 459 g/mol. The van der Waals surface area contributed by atoms with E-state index in [0.717, 1.165) is 5.56 Å². The first-order chi connectivity index (χ1) is 16.4. The molecule has 186 valence electrons. The number of ether oxygens (including phenoxy) is 1. The second-order valence-electron chi connectivity index (χ2n) is 7.70. The number of fused-ring (bicyclic) bond motifs is 1. The van der Waals surface area contributed by atoms with Gasteiger partial charge in [-0.2, -0.15) is 0 Å². The number of aromatic nitrogens is 4. The van der Waals surface area contributed by atoms with Crippen LogP contribution in [0.5, 0.6) is 0 Å². The lowest BCUT2D eigenvalue weighted by Gasteiger charge is -2.16. The zero-order valence-electron chi connectivity index (χ0n) is 20.0. The van der Waals surface area contributed by atoms with E-state index in [1.54, 1.807) is 18.4 Å². The van der Waals surface area contributed by atoms with E-state index in [1.807, 2.05) is 37.3 Å². The van der Waals surface area contributed by atoms with Crippen LogP contribution in [-0.4, -0.2) is 44.7 Å². The van der Waals surface area contributed by atoms with Gasteiger partial charge in [-0.1, -0.05) is 37.3 Å². The van der Waals surface area contributed by atoms with Crippen LogP contribution in [0, 0.1) is 0 Å². The van der Waals surface area contributed by atoms with Gasteiger partial charge in [0.2, 0.25) is 0 Å². The van der Waals surface area contributed by atoms with Gasteiger partial charge in [0.25, 0.3) is 5.56 Å². The second kappa shape index (κ2) is 12.3. The van der Waals surface area contributed by atoms with Crippen molar-refractivity contribution in [3.05, 3.63) is 63.1 Å². The maximum absolute atomic E-state index is 13.3. The zero-order valence-corrected chi connectivity index (χ0v) is 20.9. The predicted octanol–water partition coefficient (Wildman–Crippen LogP) is 3.45. The molecule has 3 aromatic rings. The zero-order chi connectivity index (χ0) is 24.6. The van der Waals surface area contributed by atoms with Gasteiger partial charge in [0, 0.05) is 19.3 Å². The van der Waals surface area contributed by atoms with Crippen LogP contribution in [0.15, 0.2) is 46.2 Å². The van der Waals surface area contributed by atoms with Crippen LogP contribution in [0.1, 0.15) is 39.2 Å². The van der Waals surface area contributed by atoms with Crippen molar-refractivity contribution in [1.82, 2.24) is 18.7 Å². The minimum Gasteiger partial charge on any atom is -0.361 e. The van der Waals surface area contributed by atoms with E-state index in [9.17, 15) is 14.2 Å². The highest BCUT2D eigenvalue weighted by molar-refractivity contribution is 7.53. The summed E-state index contributed by atoms with van der Waals surface area (Å²) >= 11 is 0. The predicted molar refractivity (Wildman–Crippen MR) is 130 cm³/mol. The molecule has 0 N–H and O–H groups in total. The third-order valence-electron chi connectivity index (χ3n) is 5.38. The molecule has 0 aliphatic rings. The maximum atomic E-state index is 13.3. The number of hydrogen-bond acceptors (Lipinski definition) is 7. The standard InChI is InChI=1S/C23H33N4O6P/c1-4-31-18-25-17-24-21-20(25)22(28)26(14-10-11-15-33-34(30,6-3)32-5-2)23(29)27(21)16-19-12-8-7-9-13-19/h7-9,12-13,17H,4-6,10-11,14-16,18H2,1-3H3. The Kier molecular flexibility index (Phi) is 9.41. The van der Waals surface area contributed by atoms with Crippen LogP contribution in [-0.2, 0) is 38.2 Å². The summed E-state index contributed by atoms with van der Waals surface area (Å²) in [6.07, 6.45) is 2.85. The topological polar surface area (TPSA) is 107 Å². The van der Waals surface area contributed by atoms with Gasteiger partial charge in [-0.15, -0.1) is 0 Å². The van der Waals surface area contributed by atoms with Gasteiger partial charge in [-0.25, -0.2) is 9.78 Å². The molecule has 0 amide bonds. The average Bonchev–Trinajstić information content (AvgIpc) is 3.27. The van der Waals surface area contributed by atoms with Gasteiger partial charge in [-0.3, -0.25) is 18.5 Å². The molecule has 3 rings (SSSR count). The lowest BCUT2D eigenvalue weighted by atomic mass is 10.2. The Morgan fingerprint density at radius 3 is 2.41 bits per heavy atom. The van der Waals surface area contributed by atoms with Crippen LogP contribution in [0.4, 0.5) is 0 Å². The SMILES string of the molecule is CCOCn1cnc2c1c(=O)n(CCCCOP(=O)(CC)OCC)c(=O)n2Cc1ccccc1. The molecule has 0 radical (unpaired) electrons. The number of imidazole rings is 1. The molecule has 11 heteroatoms. The molecular formula is C23H33N4O6P. The molecule has 2 heterocycles. The highest BCUT2D eigenvalue weighted by atomic mass is 31.2. The number of nitrogens with zero attached hydrogens (tertiary/aromatic N) is 4. The second-order valence-corrected chi connectivity index (χ2v) is 10.1. The van der Waals surface area contributed by atoms with Gasteiger partial charge < -0.3 is 18.4 Å². The Hall–Kier alpha value is -2.52. The Balaban J connectivity index is 1.87. The normalized spacial score (nSPS) is 13.4. The summed E-state index contributed by atoms with van der Waals surface area (Å²) in [6, 6.07) is 9.56. The van der Waals surface area contributed by atoms with Crippen LogP contribution < -0.4 is 11.2 Å². The molecule has 0 bridgehead atoms. The van der Waals surface area contributed by atoms with Gasteiger partial charge in [-0.05, 0) is 32.3 Å².